The first-order chi connectivity index (χ1) is 12.8. The Hall–Kier alpha value is -2.17. The van der Waals surface area contributed by atoms with E-state index in [2.05, 4.69) is 37.0 Å². The van der Waals surface area contributed by atoms with Crippen LogP contribution in [-0.2, 0) is 16.0 Å². The first-order valence-corrected chi connectivity index (χ1v) is 9.70. The standard InChI is InChI=1S/C15H15BrN4.C5H10O2/c16-11-5-3-10(4-6-11)14-12(7-8-17)19-15(20-14)13-2-1-9-18-13;1-5(2,3)7-4-6/h3-6,13,18H,1-2,7,9H2,(H,19,20);4H,1-3H3/t13-;/m0./s1. The zero-order valence-corrected chi connectivity index (χ0v) is 17.5. The molecule has 6 nitrogen and oxygen atoms in total. The summed E-state index contributed by atoms with van der Waals surface area (Å²) >= 11 is 3.44. The molecule has 0 unspecified atom stereocenters. The summed E-state index contributed by atoms with van der Waals surface area (Å²) in [6.45, 7) is 6.96. The number of aromatic nitrogens is 2. The van der Waals surface area contributed by atoms with Crippen LogP contribution in [0.3, 0.4) is 0 Å². The predicted octanol–water partition coefficient (Wildman–Crippen LogP) is 4.29. The Balaban J connectivity index is 0.000000321. The summed E-state index contributed by atoms with van der Waals surface area (Å²) in [5.41, 5.74) is 2.52. The van der Waals surface area contributed by atoms with E-state index < -0.39 is 0 Å². The van der Waals surface area contributed by atoms with Crippen LogP contribution < -0.4 is 5.32 Å². The van der Waals surface area contributed by atoms with Crippen LogP contribution in [0.15, 0.2) is 28.7 Å². The van der Waals surface area contributed by atoms with Crippen molar-refractivity contribution >= 4 is 22.4 Å². The highest BCUT2D eigenvalue weighted by molar-refractivity contribution is 9.10. The van der Waals surface area contributed by atoms with Gasteiger partial charge in [-0.3, -0.25) is 4.79 Å². The molecule has 1 fully saturated rings. The van der Waals surface area contributed by atoms with Gasteiger partial charge in [-0.2, -0.15) is 5.26 Å². The maximum Gasteiger partial charge on any atom is 0.293 e. The number of imidazole rings is 1. The first-order valence-electron chi connectivity index (χ1n) is 8.90. The van der Waals surface area contributed by atoms with E-state index in [1.54, 1.807) is 0 Å². The topological polar surface area (TPSA) is 90.8 Å². The molecule has 2 heterocycles. The van der Waals surface area contributed by atoms with E-state index in [0.717, 1.165) is 40.2 Å². The summed E-state index contributed by atoms with van der Waals surface area (Å²) in [7, 11) is 0. The second-order valence-electron chi connectivity index (χ2n) is 7.27. The van der Waals surface area contributed by atoms with Gasteiger partial charge in [0.15, 0.2) is 0 Å². The highest BCUT2D eigenvalue weighted by atomic mass is 79.9. The smallest absolute Gasteiger partial charge is 0.293 e. The lowest BCUT2D eigenvalue weighted by Gasteiger charge is -2.14. The lowest BCUT2D eigenvalue weighted by atomic mass is 10.1. The Morgan fingerprint density at radius 3 is 2.56 bits per heavy atom. The number of aromatic amines is 1. The molecule has 7 heteroatoms. The molecule has 2 aromatic rings. The molecule has 0 bridgehead atoms. The lowest BCUT2D eigenvalue weighted by molar-refractivity contribution is -0.138. The molecule has 0 saturated carbocycles. The van der Waals surface area contributed by atoms with Gasteiger partial charge in [0.2, 0.25) is 0 Å². The Labute approximate surface area is 168 Å². The molecule has 1 saturated heterocycles. The fraction of sp³-hybridized carbons (Fsp3) is 0.450. The van der Waals surface area contributed by atoms with E-state index in [1.165, 1.54) is 6.42 Å². The summed E-state index contributed by atoms with van der Waals surface area (Å²) in [5, 5.41) is 12.4. The van der Waals surface area contributed by atoms with E-state index in [1.807, 2.05) is 45.0 Å². The molecule has 2 N–H and O–H groups in total. The fourth-order valence-corrected chi connectivity index (χ4v) is 2.97. The van der Waals surface area contributed by atoms with E-state index in [0.29, 0.717) is 12.9 Å². The summed E-state index contributed by atoms with van der Waals surface area (Å²) in [6, 6.07) is 10.5. The molecule has 1 atom stereocenters. The van der Waals surface area contributed by atoms with Gasteiger partial charge in [-0.1, -0.05) is 28.1 Å². The lowest BCUT2D eigenvalue weighted by Crippen LogP contribution is -2.17. The molecule has 0 radical (unpaired) electrons. The van der Waals surface area contributed by atoms with Crippen molar-refractivity contribution in [1.29, 1.82) is 5.26 Å². The highest BCUT2D eigenvalue weighted by Crippen LogP contribution is 2.28. The number of hydrogen-bond donors (Lipinski definition) is 2. The van der Waals surface area contributed by atoms with Crippen LogP contribution in [0.5, 0.6) is 0 Å². The summed E-state index contributed by atoms with van der Waals surface area (Å²) in [4.78, 5) is 17.7. The molecule has 0 amide bonds. The number of ether oxygens (including phenoxy) is 1. The molecule has 27 heavy (non-hydrogen) atoms. The second kappa shape index (κ2) is 9.67. The molecule has 0 aliphatic carbocycles. The van der Waals surface area contributed by atoms with Crippen LogP contribution in [0.2, 0.25) is 0 Å². The number of rotatable bonds is 4. The third kappa shape index (κ3) is 6.49. The van der Waals surface area contributed by atoms with Crippen molar-refractivity contribution in [3.63, 3.8) is 0 Å². The number of halogens is 1. The molecular formula is C20H25BrN4O2. The number of benzene rings is 1. The van der Waals surface area contributed by atoms with Crippen molar-refractivity contribution in [1.82, 2.24) is 15.3 Å². The Morgan fingerprint density at radius 1 is 1.37 bits per heavy atom. The Bertz CT molecular complexity index is 782. The van der Waals surface area contributed by atoms with Gasteiger partial charge in [0.1, 0.15) is 11.4 Å². The molecule has 3 rings (SSSR count). The number of carbonyl (C=O) groups excluding carboxylic acids is 1. The number of nitrogens with zero attached hydrogens (tertiary/aromatic N) is 2. The maximum absolute atomic E-state index is 9.60. The number of H-pyrrole nitrogens is 1. The number of hydrogen-bond acceptors (Lipinski definition) is 5. The third-order valence-electron chi connectivity index (χ3n) is 3.96. The summed E-state index contributed by atoms with van der Waals surface area (Å²) < 4.78 is 5.59. The second-order valence-corrected chi connectivity index (χ2v) is 8.18. The van der Waals surface area contributed by atoms with Gasteiger partial charge in [-0.05, 0) is 52.3 Å². The quantitative estimate of drug-likeness (QED) is 0.703. The monoisotopic (exact) mass is 432 g/mol. The Kier molecular flexibility index (Phi) is 7.57. The van der Waals surface area contributed by atoms with Crippen LogP contribution in [-0.4, -0.2) is 28.6 Å². The average molecular weight is 433 g/mol. The van der Waals surface area contributed by atoms with Crippen LogP contribution >= 0.6 is 15.9 Å². The van der Waals surface area contributed by atoms with Crippen LogP contribution in [0.25, 0.3) is 11.3 Å². The summed E-state index contributed by atoms with van der Waals surface area (Å²) in [5.74, 6) is 0.950. The van der Waals surface area contributed by atoms with Crippen LogP contribution in [0.1, 0.15) is 51.2 Å². The van der Waals surface area contributed by atoms with Gasteiger partial charge >= 0.3 is 0 Å². The Morgan fingerprint density at radius 2 is 2.07 bits per heavy atom. The van der Waals surface area contributed by atoms with Gasteiger partial charge in [0.05, 0.1) is 29.9 Å². The minimum atomic E-state index is -0.318. The van der Waals surface area contributed by atoms with Gasteiger partial charge < -0.3 is 15.0 Å². The minimum absolute atomic E-state index is 0.289. The molecular weight excluding hydrogens is 408 g/mol. The van der Waals surface area contributed by atoms with E-state index in [9.17, 15) is 4.79 Å². The zero-order chi connectivity index (χ0) is 19.9. The summed E-state index contributed by atoms with van der Waals surface area (Å²) in [6.07, 6.45) is 2.62. The average Bonchev–Trinajstić information content (AvgIpc) is 3.25. The fourth-order valence-electron chi connectivity index (χ4n) is 2.71. The van der Waals surface area contributed by atoms with Crippen molar-refractivity contribution in [2.24, 2.45) is 0 Å². The van der Waals surface area contributed by atoms with Crippen molar-refractivity contribution in [3.05, 3.63) is 40.3 Å². The van der Waals surface area contributed by atoms with Gasteiger partial charge in [-0.15, -0.1) is 0 Å². The van der Waals surface area contributed by atoms with Crippen LogP contribution in [0, 0.1) is 11.3 Å². The predicted molar refractivity (Wildman–Crippen MR) is 108 cm³/mol. The molecule has 1 aliphatic heterocycles. The minimum Gasteiger partial charge on any atom is -0.462 e. The molecule has 0 spiro atoms. The molecule has 1 aromatic carbocycles. The van der Waals surface area contributed by atoms with E-state index >= 15 is 0 Å². The maximum atomic E-state index is 9.60. The molecule has 1 aromatic heterocycles. The van der Waals surface area contributed by atoms with Gasteiger partial charge in [0.25, 0.3) is 6.47 Å². The SMILES string of the molecule is CC(C)(C)OC=O.N#CCc1[nH]c([C@@H]2CCCN2)nc1-c1ccc(Br)cc1. The number of carbonyl (C=O) groups is 1. The van der Waals surface area contributed by atoms with Crippen molar-refractivity contribution in [2.45, 2.75) is 51.7 Å². The van der Waals surface area contributed by atoms with Crippen molar-refractivity contribution in [2.75, 3.05) is 6.54 Å². The largest absolute Gasteiger partial charge is 0.462 e. The van der Waals surface area contributed by atoms with Crippen LogP contribution in [0.4, 0.5) is 0 Å². The molecule has 144 valence electrons. The third-order valence-corrected chi connectivity index (χ3v) is 4.49. The first kappa shape index (κ1) is 21.1. The van der Waals surface area contributed by atoms with E-state index in [4.69, 9.17) is 10.2 Å². The highest BCUT2D eigenvalue weighted by Gasteiger charge is 2.22. The van der Waals surface area contributed by atoms with Gasteiger partial charge in [-0.25, -0.2) is 4.98 Å². The zero-order valence-electron chi connectivity index (χ0n) is 15.9. The number of nitrogens with one attached hydrogen (secondary N) is 2. The van der Waals surface area contributed by atoms with Crippen molar-refractivity contribution in [3.8, 4) is 17.3 Å². The van der Waals surface area contributed by atoms with E-state index in [-0.39, 0.29) is 11.6 Å². The van der Waals surface area contributed by atoms with Crippen molar-refractivity contribution < 1.29 is 9.53 Å². The van der Waals surface area contributed by atoms with Gasteiger partial charge in [0, 0.05) is 10.0 Å². The normalized spacial score (nSPS) is 16.2. The molecule has 1 aliphatic rings. The number of nitriles is 1.